The van der Waals surface area contributed by atoms with Crippen molar-refractivity contribution in [3.63, 3.8) is 0 Å². The van der Waals surface area contributed by atoms with Crippen LogP contribution in [0.2, 0.25) is 0 Å². The molecule has 0 amide bonds. The fourth-order valence-electron chi connectivity index (χ4n) is 3.93. The molecule has 0 bridgehead atoms. The van der Waals surface area contributed by atoms with Crippen molar-refractivity contribution < 1.29 is 0 Å². The largest absolute Gasteiger partial charge is 0.375 e. The lowest BCUT2D eigenvalue weighted by Crippen LogP contribution is -2.36. The van der Waals surface area contributed by atoms with Crippen LogP contribution in [-0.4, -0.2) is 25.4 Å². The number of halogens is 1. The maximum Gasteiger partial charge on any atom is 0.266 e. The predicted octanol–water partition coefficient (Wildman–Crippen LogP) is 4.54. The van der Waals surface area contributed by atoms with Crippen LogP contribution < -0.4 is 11.3 Å². The van der Waals surface area contributed by atoms with Gasteiger partial charge in [0.25, 0.3) is 5.56 Å². The normalized spacial score (nSPS) is 15.7. The molecule has 1 aliphatic rings. The summed E-state index contributed by atoms with van der Waals surface area (Å²) in [5, 5.41) is 6.96. The molecule has 1 aliphatic heterocycles. The molecule has 0 saturated heterocycles. The highest BCUT2D eigenvalue weighted by molar-refractivity contribution is 9.10. The second kappa shape index (κ2) is 8.29. The molecule has 5 rings (SSSR count). The summed E-state index contributed by atoms with van der Waals surface area (Å²) in [4.78, 5) is 18.5. The van der Waals surface area contributed by atoms with Crippen molar-refractivity contribution in [2.75, 3.05) is 0 Å². The minimum absolute atomic E-state index is 0.130. The number of thiocarbonyl (C=S) groups is 1. The first kappa shape index (κ1) is 20.5. The van der Waals surface area contributed by atoms with Gasteiger partial charge in [0.2, 0.25) is 0 Å². The van der Waals surface area contributed by atoms with Gasteiger partial charge in [-0.15, -0.1) is 0 Å². The molecule has 2 N–H and O–H groups in total. The first-order valence-electron chi connectivity index (χ1n) is 10.0. The summed E-state index contributed by atoms with van der Waals surface area (Å²) < 4.78 is 2.55. The Morgan fingerprint density at radius 1 is 1.00 bits per heavy atom. The second-order valence-corrected chi connectivity index (χ2v) is 8.75. The zero-order valence-electron chi connectivity index (χ0n) is 16.9. The fourth-order valence-corrected chi connectivity index (χ4v) is 4.37. The Morgan fingerprint density at radius 3 is 2.41 bits per heavy atom. The number of aromatic nitrogens is 2. The van der Waals surface area contributed by atoms with Gasteiger partial charge in [-0.1, -0.05) is 58.4 Å². The minimum Gasteiger partial charge on any atom is -0.375 e. The van der Waals surface area contributed by atoms with Gasteiger partial charge in [-0.3, -0.25) is 9.36 Å². The average Bonchev–Trinajstić information content (AvgIpc) is 3.26. The van der Waals surface area contributed by atoms with E-state index < -0.39 is 6.04 Å². The lowest BCUT2D eigenvalue weighted by molar-refractivity contribution is 0.352. The Kier molecular flexibility index (Phi) is 5.32. The van der Waals surface area contributed by atoms with Gasteiger partial charge in [0.15, 0.2) is 5.11 Å². The van der Waals surface area contributed by atoms with Crippen molar-refractivity contribution in [3.8, 4) is 5.69 Å². The number of rotatable bonds is 3. The van der Waals surface area contributed by atoms with Gasteiger partial charge in [-0.2, -0.15) is 5.10 Å². The van der Waals surface area contributed by atoms with Gasteiger partial charge in [-0.05, 0) is 54.2 Å². The van der Waals surface area contributed by atoms with Crippen LogP contribution in [0.15, 0.2) is 93.2 Å². The molecule has 1 aromatic heterocycles. The van der Waals surface area contributed by atoms with E-state index in [-0.39, 0.29) is 10.7 Å². The van der Waals surface area contributed by atoms with Crippen molar-refractivity contribution >= 4 is 49.9 Å². The molecule has 0 aliphatic carbocycles. The summed E-state index contributed by atoms with van der Waals surface area (Å²) in [7, 11) is 0. The quantitative estimate of drug-likeness (QED) is 0.415. The van der Waals surface area contributed by atoms with E-state index in [1.807, 2.05) is 72.8 Å². The van der Waals surface area contributed by atoms with Crippen molar-refractivity contribution in [2.24, 2.45) is 10.8 Å². The number of hydrogen-bond acceptors (Lipinski definition) is 4. The fraction of sp³-hybridized carbons (Fsp3) is 0.0833. The molecule has 0 spiro atoms. The van der Waals surface area contributed by atoms with E-state index in [9.17, 15) is 4.79 Å². The molecule has 32 heavy (non-hydrogen) atoms. The van der Waals surface area contributed by atoms with Crippen molar-refractivity contribution in [1.82, 2.24) is 14.6 Å². The molecule has 0 fully saturated rings. The van der Waals surface area contributed by atoms with Crippen LogP contribution in [0.5, 0.6) is 0 Å². The lowest BCUT2D eigenvalue weighted by atomic mass is 10.0. The van der Waals surface area contributed by atoms with Crippen LogP contribution >= 0.6 is 28.1 Å². The third-order valence-corrected chi connectivity index (χ3v) is 6.14. The molecule has 0 radical (unpaired) electrons. The van der Waals surface area contributed by atoms with Gasteiger partial charge in [-0.25, -0.2) is 9.99 Å². The number of benzene rings is 3. The van der Waals surface area contributed by atoms with Crippen LogP contribution in [0.4, 0.5) is 0 Å². The Morgan fingerprint density at radius 2 is 1.69 bits per heavy atom. The number of hydrogen-bond donors (Lipinski definition) is 1. The molecule has 158 valence electrons. The molecule has 1 atom stereocenters. The van der Waals surface area contributed by atoms with Crippen LogP contribution in [0, 0.1) is 0 Å². The van der Waals surface area contributed by atoms with Crippen LogP contribution in [0.3, 0.4) is 0 Å². The molecule has 2 heterocycles. The number of hydrazone groups is 1. The zero-order chi connectivity index (χ0) is 22.2. The standard InChI is InChI=1S/C24H18BrN5OS/c25-16-10-12-17(13-11-16)29-22(27-19-9-5-4-8-18(19)23(29)31)21-14-20(28-30(21)24(26)32)15-6-2-1-3-7-15/h1-13,21H,14H2,(H2,26,32). The molecular weight excluding hydrogens is 486 g/mol. The second-order valence-electron chi connectivity index (χ2n) is 7.42. The van der Waals surface area contributed by atoms with Crippen molar-refractivity contribution in [2.45, 2.75) is 12.5 Å². The molecule has 6 nitrogen and oxygen atoms in total. The van der Waals surface area contributed by atoms with E-state index in [2.05, 4.69) is 15.9 Å². The number of nitrogens with two attached hydrogens (primary N) is 1. The predicted molar refractivity (Wildman–Crippen MR) is 134 cm³/mol. The Balaban J connectivity index is 1.72. The first-order valence-corrected chi connectivity index (χ1v) is 11.2. The molecule has 3 aromatic carbocycles. The molecule has 0 saturated carbocycles. The van der Waals surface area contributed by atoms with Crippen LogP contribution in [0.1, 0.15) is 23.9 Å². The van der Waals surface area contributed by atoms with E-state index in [0.29, 0.717) is 28.8 Å². The summed E-state index contributed by atoms with van der Waals surface area (Å²) >= 11 is 8.78. The number of fused-ring (bicyclic) bond motifs is 1. The molecule has 1 unspecified atom stereocenters. The Bertz CT molecular complexity index is 1420. The number of nitrogens with zero attached hydrogens (tertiary/aromatic N) is 4. The lowest BCUT2D eigenvalue weighted by Gasteiger charge is -2.24. The maximum atomic E-state index is 13.6. The van der Waals surface area contributed by atoms with Gasteiger partial charge < -0.3 is 5.73 Å². The highest BCUT2D eigenvalue weighted by Gasteiger charge is 2.34. The molecule has 4 aromatic rings. The molecular formula is C24H18BrN5OS. The third-order valence-electron chi connectivity index (χ3n) is 5.43. The SMILES string of the molecule is NC(=S)N1N=C(c2ccccc2)CC1c1nc2ccccc2c(=O)n1-c1ccc(Br)cc1. The van der Waals surface area contributed by atoms with E-state index >= 15 is 0 Å². The first-order chi connectivity index (χ1) is 15.5. The van der Waals surface area contributed by atoms with Crippen molar-refractivity contribution in [3.05, 3.63) is 105 Å². The highest BCUT2D eigenvalue weighted by Crippen LogP contribution is 2.33. The average molecular weight is 504 g/mol. The van der Waals surface area contributed by atoms with E-state index in [1.54, 1.807) is 15.6 Å². The van der Waals surface area contributed by atoms with Gasteiger partial charge in [0.1, 0.15) is 11.9 Å². The van der Waals surface area contributed by atoms with E-state index in [4.69, 9.17) is 28.0 Å². The van der Waals surface area contributed by atoms with Gasteiger partial charge in [0, 0.05) is 10.9 Å². The van der Waals surface area contributed by atoms with Gasteiger partial charge >= 0.3 is 0 Å². The maximum absolute atomic E-state index is 13.6. The topological polar surface area (TPSA) is 76.5 Å². The third kappa shape index (κ3) is 3.61. The Hall–Kier alpha value is -3.36. The summed E-state index contributed by atoms with van der Waals surface area (Å²) in [5.41, 5.74) is 9.06. The van der Waals surface area contributed by atoms with E-state index in [1.165, 1.54) is 0 Å². The molecule has 8 heteroatoms. The summed E-state index contributed by atoms with van der Waals surface area (Å²) in [6.45, 7) is 0. The Labute approximate surface area is 198 Å². The van der Waals surface area contributed by atoms with Crippen LogP contribution in [0.25, 0.3) is 16.6 Å². The highest BCUT2D eigenvalue weighted by atomic mass is 79.9. The summed E-state index contributed by atoms with van der Waals surface area (Å²) in [6, 6.07) is 24.3. The summed E-state index contributed by atoms with van der Waals surface area (Å²) in [5.74, 6) is 0.540. The van der Waals surface area contributed by atoms with Crippen molar-refractivity contribution in [1.29, 1.82) is 0 Å². The van der Waals surface area contributed by atoms with E-state index in [0.717, 1.165) is 15.7 Å². The number of para-hydroxylation sites is 1. The van der Waals surface area contributed by atoms with Crippen LogP contribution in [-0.2, 0) is 0 Å². The smallest absolute Gasteiger partial charge is 0.266 e. The minimum atomic E-state index is -0.413. The zero-order valence-corrected chi connectivity index (χ0v) is 19.3. The summed E-state index contributed by atoms with van der Waals surface area (Å²) in [6.07, 6.45) is 0.517. The monoisotopic (exact) mass is 503 g/mol. The van der Waals surface area contributed by atoms with Gasteiger partial charge in [0.05, 0.1) is 22.3 Å².